The third kappa shape index (κ3) is 4.27. The van der Waals surface area contributed by atoms with Crippen LogP contribution in [-0.2, 0) is 4.74 Å². The van der Waals surface area contributed by atoms with Gasteiger partial charge in [0.05, 0.1) is 6.61 Å². The second-order valence-electron chi connectivity index (χ2n) is 2.97. The van der Waals surface area contributed by atoms with E-state index in [0.29, 0.717) is 19.1 Å². The average Bonchev–Trinajstić information content (AvgIpc) is 2.25. The highest BCUT2D eigenvalue weighted by Gasteiger charge is 2.07. The Morgan fingerprint density at radius 3 is 2.60 bits per heavy atom. The molecule has 1 rings (SSSR count). The van der Waals surface area contributed by atoms with Gasteiger partial charge in [-0.05, 0) is 22.6 Å². The van der Waals surface area contributed by atoms with Crippen LogP contribution in [0.25, 0.3) is 0 Å². The number of aromatic nitrogens is 2. The molecule has 0 aliphatic rings. The van der Waals surface area contributed by atoms with Crippen molar-refractivity contribution < 1.29 is 4.74 Å². The average molecular weight is 322 g/mol. The van der Waals surface area contributed by atoms with E-state index in [1.807, 2.05) is 4.90 Å². The van der Waals surface area contributed by atoms with Gasteiger partial charge in [0.2, 0.25) is 5.95 Å². The zero-order valence-corrected chi connectivity index (χ0v) is 10.8. The highest BCUT2D eigenvalue weighted by atomic mass is 127. The predicted molar refractivity (Wildman–Crippen MR) is 67.9 cm³/mol. The fourth-order valence-electron chi connectivity index (χ4n) is 1.14. The number of hydrogen-bond acceptors (Lipinski definition) is 5. The Kier molecular flexibility index (Phi) is 5.81. The monoisotopic (exact) mass is 322 g/mol. The molecule has 0 bridgehead atoms. The molecule has 0 saturated carbocycles. The first kappa shape index (κ1) is 12.6. The van der Waals surface area contributed by atoms with Gasteiger partial charge < -0.3 is 15.4 Å². The molecule has 84 valence electrons. The summed E-state index contributed by atoms with van der Waals surface area (Å²) in [4.78, 5) is 10.5. The molecule has 1 aromatic rings. The van der Waals surface area contributed by atoms with Crippen molar-refractivity contribution in [3.63, 3.8) is 0 Å². The Morgan fingerprint density at radius 1 is 1.40 bits per heavy atom. The zero-order valence-electron chi connectivity index (χ0n) is 8.69. The molecule has 1 heterocycles. The fourth-order valence-corrected chi connectivity index (χ4v) is 1.42. The van der Waals surface area contributed by atoms with E-state index in [0.717, 1.165) is 16.7 Å². The van der Waals surface area contributed by atoms with Gasteiger partial charge in [-0.1, -0.05) is 0 Å². The normalized spacial score (nSPS) is 10.3. The number of ether oxygens (including phenoxy) is 1. The maximum absolute atomic E-state index is 5.53. The van der Waals surface area contributed by atoms with E-state index in [4.69, 9.17) is 10.5 Å². The number of nitrogens with two attached hydrogens (primary N) is 1. The third-order valence-electron chi connectivity index (χ3n) is 1.85. The third-order valence-corrected chi connectivity index (χ3v) is 2.41. The molecule has 0 radical (unpaired) electrons. The molecule has 0 aliphatic carbocycles. The molecule has 0 saturated heterocycles. The summed E-state index contributed by atoms with van der Waals surface area (Å²) in [5.41, 5.74) is 5.53. The van der Waals surface area contributed by atoms with Crippen molar-refractivity contribution in [3.05, 3.63) is 16.0 Å². The second-order valence-corrected chi connectivity index (χ2v) is 4.22. The number of rotatable bonds is 6. The van der Waals surface area contributed by atoms with Crippen LogP contribution in [0.3, 0.4) is 0 Å². The first-order valence-electron chi connectivity index (χ1n) is 4.69. The van der Waals surface area contributed by atoms with Crippen LogP contribution >= 0.6 is 22.6 Å². The van der Waals surface area contributed by atoms with Crippen LogP contribution < -0.4 is 10.6 Å². The summed E-state index contributed by atoms with van der Waals surface area (Å²) in [5, 5.41) is 0. The van der Waals surface area contributed by atoms with Gasteiger partial charge in [0.15, 0.2) is 0 Å². The van der Waals surface area contributed by atoms with E-state index in [9.17, 15) is 0 Å². The minimum atomic E-state index is 0.582. The summed E-state index contributed by atoms with van der Waals surface area (Å²) in [6.07, 6.45) is 3.58. The lowest BCUT2D eigenvalue weighted by molar-refractivity contribution is 0.205. The minimum absolute atomic E-state index is 0.582. The van der Waals surface area contributed by atoms with Gasteiger partial charge >= 0.3 is 0 Å². The Labute approximate surface area is 103 Å². The molecule has 2 N–H and O–H groups in total. The first-order valence-corrected chi connectivity index (χ1v) is 5.77. The number of hydrogen-bond donors (Lipinski definition) is 1. The lowest BCUT2D eigenvalue weighted by Gasteiger charge is -2.21. The Hall–Kier alpha value is -0.470. The topological polar surface area (TPSA) is 64.3 Å². The summed E-state index contributed by atoms with van der Waals surface area (Å²) in [7, 11) is 1.68. The van der Waals surface area contributed by atoms with Crippen LogP contribution in [0.1, 0.15) is 0 Å². The molecule has 0 aliphatic heterocycles. The van der Waals surface area contributed by atoms with Gasteiger partial charge in [0.25, 0.3) is 0 Å². The summed E-state index contributed by atoms with van der Waals surface area (Å²) >= 11 is 2.18. The van der Waals surface area contributed by atoms with Crippen LogP contribution in [-0.4, -0.2) is 43.3 Å². The van der Waals surface area contributed by atoms with Crippen molar-refractivity contribution in [3.8, 4) is 0 Å². The molecular weight excluding hydrogens is 307 g/mol. The molecule has 6 heteroatoms. The predicted octanol–water partition coefficient (Wildman–Crippen LogP) is 0.493. The van der Waals surface area contributed by atoms with Gasteiger partial charge in [0, 0.05) is 42.7 Å². The molecule has 0 unspecified atom stereocenters. The molecule has 5 nitrogen and oxygen atoms in total. The van der Waals surface area contributed by atoms with Gasteiger partial charge in [-0.2, -0.15) is 0 Å². The van der Waals surface area contributed by atoms with E-state index in [1.165, 1.54) is 0 Å². The van der Waals surface area contributed by atoms with Crippen LogP contribution in [0, 0.1) is 3.57 Å². The molecule has 0 amide bonds. The summed E-state index contributed by atoms with van der Waals surface area (Å²) in [5.74, 6) is 0.706. The maximum Gasteiger partial charge on any atom is 0.225 e. The highest BCUT2D eigenvalue weighted by molar-refractivity contribution is 14.1. The summed E-state index contributed by atoms with van der Waals surface area (Å²) in [6, 6.07) is 0. The lowest BCUT2D eigenvalue weighted by Crippen LogP contribution is -2.33. The second kappa shape index (κ2) is 6.91. The van der Waals surface area contributed by atoms with E-state index in [2.05, 4.69) is 32.6 Å². The van der Waals surface area contributed by atoms with Gasteiger partial charge in [-0.15, -0.1) is 0 Å². The van der Waals surface area contributed by atoms with Crippen molar-refractivity contribution in [1.82, 2.24) is 9.97 Å². The molecule has 15 heavy (non-hydrogen) atoms. The Morgan fingerprint density at radius 2 is 2.07 bits per heavy atom. The molecule has 0 aromatic carbocycles. The summed E-state index contributed by atoms with van der Waals surface area (Å²) in [6.45, 7) is 2.73. The largest absolute Gasteiger partial charge is 0.383 e. The molecule has 0 fully saturated rings. The Balaban J connectivity index is 2.65. The quantitative estimate of drug-likeness (QED) is 0.773. The van der Waals surface area contributed by atoms with E-state index < -0.39 is 0 Å². The molecule has 0 atom stereocenters. The van der Waals surface area contributed by atoms with Crippen molar-refractivity contribution in [2.24, 2.45) is 5.73 Å². The van der Waals surface area contributed by atoms with Crippen LogP contribution in [0.2, 0.25) is 0 Å². The smallest absolute Gasteiger partial charge is 0.225 e. The van der Waals surface area contributed by atoms with Gasteiger partial charge in [-0.25, -0.2) is 9.97 Å². The van der Waals surface area contributed by atoms with Crippen molar-refractivity contribution in [2.75, 3.05) is 38.3 Å². The van der Waals surface area contributed by atoms with E-state index in [1.54, 1.807) is 19.5 Å². The lowest BCUT2D eigenvalue weighted by atomic mass is 10.5. The van der Waals surface area contributed by atoms with Gasteiger partial charge in [0.1, 0.15) is 0 Å². The van der Waals surface area contributed by atoms with E-state index >= 15 is 0 Å². The van der Waals surface area contributed by atoms with Crippen LogP contribution in [0.15, 0.2) is 12.4 Å². The molecule has 0 spiro atoms. The van der Waals surface area contributed by atoms with Crippen LogP contribution in [0.5, 0.6) is 0 Å². The van der Waals surface area contributed by atoms with Crippen LogP contribution in [0.4, 0.5) is 5.95 Å². The summed E-state index contributed by atoms with van der Waals surface area (Å²) < 4.78 is 6.05. The number of anilines is 1. The molecule has 1 aromatic heterocycles. The van der Waals surface area contributed by atoms with Crippen molar-refractivity contribution >= 4 is 28.5 Å². The van der Waals surface area contributed by atoms with Crippen molar-refractivity contribution in [1.29, 1.82) is 0 Å². The number of methoxy groups -OCH3 is 1. The maximum atomic E-state index is 5.53. The zero-order chi connectivity index (χ0) is 11.1. The Bertz CT molecular complexity index is 280. The van der Waals surface area contributed by atoms with Gasteiger partial charge in [-0.3, -0.25) is 0 Å². The first-order chi connectivity index (χ1) is 7.27. The molecular formula is C9H15IN4O. The standard InChI is InChI=1S/C9H15IN4O/c1-15-5-4-14(3-2-11)9-12-6-8(10)7-13-9/h6-7H,2-5,11H2,1H3. The number of halogens is 1. The van der Waals surface area contributed by atoms with E-state index in [-0.39, 0.29) is 0 Å². The highest BCUT2D eigenvalue weighted by Crippen LogP contribution is 2.07. The van der Waals surface area contributed by atoms with Crippen molar-refractivity contribution in [2.45, 2.75) is 0 Å². The SMILES string of the molecule is COCCN(CCN)c1ncc(I)cn1. The minimum Gasteiger partial charge on any atom is -0.383 e. The number of nitrogens with zero attached hydrogens (tertiary/aromatic N) is 3. The fraction of sp³-hybridized carbons (Fsp3) is 0.556.